The number of hydrogen-bond acceptors (Lipinski definition) is 6. The number of fused-ring (bicyclic) bond motifs is 1. The van der Waals surface area contributed by atoms with Crippen LogP contribution in [0, 0.1) is 13.8 Å². The minimum atomic E-state index is -0.311. The second-order valence-electron chi connectivity index (χ2n) is 8.31. The second-order valence-corrected chi connectivity index (χ2v) is 8.31. The molecule has 0 atom stereocenters. The number of nitrogens with zero attached hydrogens (tertiary/aromatic N) is 4. The van der Waals surface area contributed by atoms with Crippen LogP contribution in [0.3, 0.4) is 0 Å². The van der Waals surface area contributed by atoms with Crippen molar-refractivity contribution in [1.82, 2.24) is 19.2 Å². The smallest absolute Gasteiger partial charge is 0.274 e. The van der Waals surface area contributed by atoms with Crippen molar-refractivity contribution in [2.75, 3.05) is 11.9 Å². The number of anilines is 1. The largest absolute Gasteiger partial charge is 0.485 e. The van der Waals surface area contributed by atoms with Gasteiger partial charge < -0.3 is 14.8 Å². The molecule has 0 aliphatic carbocycles. The van der Waals surface area contributed by atoms with Gasteiger partial charge in [-0.25, -0.2) is 4.98 Å². The van der Waals surface area contributed by atoms with Crippen molar-refractivity contribution in [1.29, 1.82) is 0 Å². The number of amides is 1. The van der Waals surface area contributed by atoms with E-state index in [4.69, 9.17) is 9.47 Å². The Morgan fingerprint density at radius 3 is 2.62 bits per heavy atom. The first kappa shape index (κ1) is 23.0. The Bertz CT molecular complexity index is 1390. The molecule has 0 spiro atoms. The van der Waals surface area contributed by atoms with Gasteiger partial charge in [0, 0.05) is 12.1 Å². The maximum atomic E-state index is 12.6. The zero-order valence-corrected chi connectivity index (χ0v) is 19.6. The molecular weight excluding hydrogens is 434 g/mol. The van der Waals surface area contributed by atoms with Crippen molar-refractivity contribution in [3.05, 3.63) is 82.0 Å². The summed E-state index contributed by atoms with van der Waals surface area (Å²) in [6.45, 7) is 7.69. The fraction of sp³-hybridized carbons (Fsp3) is 0.280. The normalized spacial score (nSPS) is 11.1. The van der Waals surface area contributed by atoms with E-state index in [0.29, 0.717) is 28.7 Å². The third-order valence-electron chi connectivity index (χ3n) is 5.22. The summed E-state index contributed by atoms with van der Waals surface area (Å²) < 4.78 is 14.7. The summed E-state index contributed by atoms with van der Waals surface area (Å²) in [6, 6.07) is 14.5. The minimum Gasteiger partial charge on any atom is -0.485 e. The van der Waals surface area contributed by atoms with Crippen LogP contribution in [0.25, 0.3) is 5.78 Å². The first-order valence-corrected chi connectivity index (χ1v) is 11.0. The van der Waals surface area contributed by atoms with Crippen molar-refractivity contribution in [2.45, 2.75) is 40.3 Å². The fourth-order valence-corrected chi connectivity index (χ4v) is 3.46. The predicted molar refractivity (Wildman–Crippen MR) is 128 cm³/mol. The van der Waals surface area contributed by atoms with Gasteiger partial charge in [-0.1, -0.05) is 24.3 Å². The van der Waals surface area contributed by atoms with Crippen LogP contribution in [0.2, 0.25) is 0 Å². The Morgan fingerprint density at radius 2 is 1.85 bits per heavy atom. The SMILES string of the molecule is Cc1ccc(NC(=O)COc2ccccc2C)c(OCc2cc(=O)n3c(ncn3C(C)C)n2)c1. The minimum absolute atomic E-state index is 0.0479. The van der Waals surface area contributed by atoms with Crippen LogP contribution < -0.4 is 20.3 Å². The van der Waals surface area contributed by atoms with E-state index in [1.165, 1.54) is 10.6 Å². The van der Waals surface area contributed by atoms with Gasteiger partial charge in [0.25, 0.3) is 17.2 Å². The molecule has 2 aromatic heterocycles. The van der Waals surface area contributed by atoms with E-state index >= 15 is 0 Å². The summed E-state index contributed by atoms with van der Waals surface area (Å²) in [6.07, 6.45) is 1.59. The van der Waals surface area contributed by atoms with Crippen LogP contribution in [0.4, 0.5) is 5.69 Å². The molecule has 9 nitrogen and oxygen atoms in total. The molecule has 0 fully saturated rings. The molecule has 34 heavy (non-hydrogen) atoms. The number of carbonyl (C=O) groups is 1. The first-order valence-electron chi connectivity index (χ1n) is 11.0. The highest BCUT2D eigenvalue weighted by Crippen LogP contribution is 2.27. The lowest BCUT2D eigenvalue weighted by atomic mass is 10.2. The number of carbonyl (C=O) groups excluding carboxylic acids is 1. The van der Waals surface area contributed by atoms with Crippen molar-refractivity contribution in [2.24, 2.45) is 0 Å². The van der Waals surface area contributed by atoms with Crippen LogP contribution in [-0.2, 0) is 11.4 Å². The monoisotopic (exact) mass is 461 g/mol. The highest BCUT2D eigenvalue weighted by molar-refractivity contribution is 5.93. The van der Waals surface area contributed by atoms with Crippen molar-refractivity contribution in [3.63, 3.8) is 0 Å². The third kappa shape index (κ3) is 5.09. The number of rotatable bonds is 8. The van der Waals surface area contributed by atoms with E-state index in [1.807, 2.05) is 64.1 Å². The zero-order chi connectivity index (χ0) is 24.2. The summed E-state index contributed by atoms with van der Waals surface area (Å²) >= 11 is 0. The molecule has 1 N–H and O–H groups in total. The highest BCUT2D eigenvalue weighted by Gasteiger charge is 2.13. The van der Waals surface area contributed by atoms with E-state index < -0.39 is 0 Å². The van der Waals surface area contributed by atoms with Crippen LogP contribution in [0.15, 0.2) is 59.7 Å². The molecule has 0 aliphatic rings. The number of benzene rings is 2. The average Bonchev–Trinajstić information content (AvgIpc) is 3.24. The van der Waals surface area contributed by atoms with Gasteiger partial charge in [0.15, 0.2) is 6.61 Å². The van der Waals surface area contributed by atoms with Crippen molar-refractivity contribution in [3.8, 4) is 11.5 Å². The van der Waals surface area contributed by atoms with Crippen LogP contribution in [0.5, 0.6) is 11.5 Å². The Balaban J connectivity index is 1.46. The molecule has 0 bridgehead atoms. The summed E-state index contributed by atoms with van der Waals surface area (Å²) in [5.41, 5.74) is 2.63. The first-order chi connectivity index (χ1) is 16.3. The summed E-state index contributed by atoms with van der Waals surface area (Å²) in [5.74, 6) is 1.13. The Kier molecular flexibility index (Phi) is 6.62. The highest BCUT2D eigenvalue weighted by atomic mass is 16.5. The number of hydrogen-bond donors (Lipinski definition) is 1. The van der Waals surface area contributed by atoms with E-state index in [1.54, 1.807) is 17.1 Å². The molecule has 0 saturated carbocycles. The third-order valence-corrected chi connectivity index (χ3v) is 5.22. The Morgan fingerprint density at radius 1 is 1.06 bits per heavy atom. The van der Waals surface area contributed by atoms with E-state index in [-0.39, 0.29) is 30.7 Å². The molecule has 2 aromatic carbocycles. The summed E-state index contributed by atoms with van der Waals surface area (Å²) in [5, 5.41) is 2.83. The topological polar surface area (TPSA) is 99.7 Å². The summed E-state index contributed by atoms with van der Waals surface area (Å²) in [7, 11) is 0. The van der Waals surface area contributed by atoms with Crippen LogP contribution in [0.1, 0.15) is 36.7 Å². The van der Waals surface area contributed by atoms with E-state index in [2.05, 4.69) is 15.3 Å². The van der Waals surface area contributed by atoms with E-state index in [0.717, 1.165) is 11.1 Å². The van der Waals surface area contributed by atoms with Gasteiger partial charge in [-0.2, -0.15) is 9.50 Å². The second kappa shape index (κ2) is 9.78. The van der Waals surface area contributed by atoms with Crippen LogP contribution in [-0.4, -0.2) is 31.7 Å². The Hall–Kier alpha value is -4.14. The van der Waals surface area contributed by atoms with Gasteiger partial charge >= 0.3 is 0 Å². The number of aromatic nitrogens is 4. The molecule has 176 valence electrons. The maximum absolute atomic E-state index is 12.6. The molecule has 0 saturated heterocycles. The van der Waals surface area contributed by atoms with Crippen molar-refractivity contribution < 1.29 is 14.3 Å². The number of ether oxygens (including phenoxy) is 2. The number of nitrogens with one attached hydrogen (secondary N) is 1. The van der Waals surface area contributed by atoms with Crippen LogP contribution >= 0.6 is 0 Å². The Labute approximate surface area is 197 Å². The molecule has 9 heteroatoms. The summed E-state index contributed by atoms with van der Waals surface area (Å²) in [4.78, 5) is 33.8. The molecule has 2 heterocycles. The van der Waals surface area contributed by atoms with Gasteiger partial charge in [0.1, 0.15) is 24.4 Å². The number of para-hydroxylation sites is 1. The lowest BCUT2D eigenvalue weighted by molar-refractivity contribution is -0.118. The molecule has 0 unspecified atom stereocenters. The van der Waals surface area contributed by atoms with Gasteiger partial charge in [0.2, 0.25) is 0 Å². The molecule has 4 aromatic rings. The average molecular weight is 462 g/mol. The molecule has 4 rings (SSSR count). The molecule has 1 amide bonds. The molecular formula is C25H27N5O4. The lowest BCUT2D eigenvalue weighted by Gasteiger charge is -2.14. The van der Waals surface area contributed by atoms with Gasteiger partial charge in [-0.3, -0.25) is 14.3 Å². The zero-order valence-electron chi connectivity index (χ0n) is 19.6. The van der Waals surface area contributed by atoms with Crippen molar-refractivity contribution >= 4 is 17.4 Å². The molecule has 0 aliphatic heterocycles. The maximum Gasteiger partial charge on any atom is 0.274 e. The predicted octanol–water partition coefficient (Wildman–Crippen LogP) is 3.69. The van der Waals surface area contributed by atoms with Gasteiger partial charge in [-0.15, -0.1) is 0 Å². The van der Waals surface area contributed by atoms with E-state index in [9.17, 15) is 9.59 Å². The quantitative estimate of drug-likeness (QED) is 0.430. The fourth-order valence-electron chi connectivity index (χ4n) is 3.46. The van der Waals surface area contributed by atoms with Gasteiger partial charge in [-0.05, 0) is 57.0 Å². The van der Waals surface area contributed by atoms with Gasteiger partial charge in [0.05, 0.1) is 11.4 Å². The standard InChI is InChI=1S/C25H27N5O4/c1-16(2)29-15-26-25-27-19(12-24(32)30(25)29)13-33-22-11-17(3)9-10-20(22)28-23(31)14-34-21-8-6-5-7-18(21)4/h5-12,15-16H,13-14H2,1-4H3,(H,28,31). The molecule has 0 radical (unpaired) electrons. The number of aryl methyl sites for hydroxylation is 2. The lowest BCUT2D eigenvalue weighted by Crippen LogP contribution is -2.23.